The summed E-state index contributed by atoms with van der Waals surface area (Å²) in [6.45, 7) is 4.52. The van der Waals surface area contributed by atoms with Crippen LogP contribution in [0.1, 0.15) is 33.1 Å². The molecule has 2 nitrogen and oxygen atoms in total. The fourth-order valence-corrected chi connectivity index (χ4v) is 2.55. The molecule has 0 radical (unpaired) electrons. The minimum absolute atomic E-state index is 0.288. The largest absolute Gasteiger partial charge is 0.494 e. The molecule has 1 unspecified atom stereocenters. The SMILES string of the molecule is COc1ccc(NC2CCCC2(C)C)cc1F. The third kappa shape index (κ3) is 2.54. The molecule has 1 fully saturated rings. The van der Waals surface area contributed by atoms with Gasteiger partial charge in [-0.2, -0.15) is 0 Å². The van der Waals surface area contributed by atoms with E-state index in [1.807, 2.05) is 6.07 Å². The van der Waals surface area contributed by atoms with Crippen molar-refractivity contribution in [3.63, 3.8) is 0 Å². The fraction of sp³-hybridized carbons (Fsp3) is 0.571. The lowest BCUT2D eigenvalue weighted by atomic mass is 9.87. The van der Waals surface area contributed by atoms with Crippen molar-refractivity contribution in [3.8, 4) is 5.75 Å². The van der Waals surface area contributed by atoms with Gasteiger partial charge in [0.2, 0.25) is 0 Å². The van der Waals surface area contributed by atoms with Gasteiger partial charge in [-0.1, -0.05) is 20.3 Å². The average Bonchev–Trinajstić information content (AvgIpc) is 2.59. The Kier molecular flexibility index (Phi) is 3.27. The number of hydrogen-bond acceptors (Lipinski definition) is 2. The van der Waals surface area contributed by atoms with Gasteiger partial charge in [-0.25, -0.2) is 4.39 Å². The third-order valence-electron chi connectivity index (χ3n) is 3.75. The highest BCUT2D eigenvalue weighted by atomic mass is 19.1. The zero-order valence-corrected chi connectivity index (χ0v) is 10.7. The number of ether oxygens (including phenoxy) is 1. The zero-order valence-electron chi connectivity index (χ0n) is 10.7. The number of benzene rings is 1. The molecule has 0 spiro atoms. The van der Waals surface area contributed by atoms with E-state index in [-0.39, 0.29) is 11.2 Å². The molecule has 0 heterocycles. The second-order valence-electron chi connectivity index (χ2n) is 5.43. The smallest absolute Gasteiger partial charge is 0.167 e. The molecular weight excluding hydrogens is 217 g/mol. The van der Waals surface area contributed by atoms with Crippen LogP contribution in [-0.2, 0) is 0 Å². The van der Waals surface area contributed by atoms with E-state index in [0.717, 1.165) is 12.1 Å². The lowest BCUT2D eigenvalue weighted by molar-refractivity contribution is 0.349. The lowest BCUT2D eigenvalue weighted by Gasteiger charge is -2.28. The monoisotopic (exact) mass is 237 g/mol. The van der Waals surface area contributed by atoms with Crippen LogP contribution in [-0.4, -0.2) is 13.2 Å². The molecule has 1 aromatic carbocycles. The highest BCUT2D eigenvalue weighted by molar-refractivity contribution is 5.48. The van der Waals surface area contributed by atoms with Gasteiger partial charge in [0.1, 0.15) is 0 Å². The van der Waals surface area contributed by atoms with Gasteiger partial charge in [-0.05, 0) is 30.4 Å². The van der Waals surface area contributed by atoms with Crippen molar-refractivity contribution in [2.45, 2.75) is 39.2 Å². The first-order chi connectivity index (χ1) is 8.03. The summed E-state index contributed by atoms with van der Waals surface area (Å²) in [6.07, 6.45) is 3.62. The Morgan fingerprint density at radius 2 is 2.18 bits per heavy atom. The highest BCUT2D eigenvalue weighted by Gasteiger charge is 2.34. The van der Waals surface area contributed by atoms with Crippen LogP contribution >= 0.6 is 0 Å². The highest BCUT2D eigenvalue weighted by Crippen LogP contribution is 2.39. The molecule has 1 atom stereocenters. The summed E-state index contributed by atoms with van der Waals surface area (Å²) in [5.74, 6) is -0.0189. The average molecular weight is 237 g/mol. The van der Waals surface area contributed by atoms with Gasteiger partial charge in [-0.3, -0.25) is 0 Å². The Bertz CT molecular complexity index is 403. The number of anilines is 1. The topological polar surface area (TPSA) is 21.3 Å². The first-order valence-electron chi connectivity index (χ1n) is 6.13. The van der Waals surface area contributed by atoms with Crippen LogP contribution < -0.4 is 10.1 Å². The molecule has 1 aliphatic carbocycles. The molecule has 1 aliphatic rings. The van der Waals surface area contributed by atoms with E-state index in [4.69, 9.17) is 4.74 Å². The normalized spacial score (nSPS) is 22.5. The van der Waals surface area contributed by atoms with Crippen molar-refractivity contribution in [3.05, 3.63) is 24.0 Å². The number of methoxy groups -OCH3 is 1. The first-order valence-corrected chi connectivity index (χ1v) is 6.13. The first kappa shape index (κ1) is 12.2. The maximum atomic E-state index is 13.6. The van der Waals surface area contributed by atoms with Crippen molar-refractivity contribution >= 4 is 5.69 Å². The van der Waals surface area contributed by atoms with E-state index in [1.165, 1.54) is 26.0 Å². The van der Waals surface area contributed by atoms with Gasteiger partial charge in [0.05, 0.1) is 7.11 Å². The van der Waals surface area contributed by atoms with Crippen LogP contribution in [0.4, 0.5) is 10.1 Å². The molecule has 0 bridgehead atoms. The van der Waals surface area contributed by atoms with Crippen molar-refractivity contribution in [2.75, 3.05) is 12.4 Å². The van der Waals surface area contributed by atoms with Crippen LogP contribution in [0.3, 0.4) is 0 Å². The van der Waals surface area contributed by atoms with Crippen molar-refractivity contribution < 1.29 is 9.13 Å². The molecule has 1 N–H and O–H groups in total. The standard InChI is InChI=1S/C14H20FNO/c1-14(2)8-4-5-13(14)16-10-6-7-12(17-3)11(15)9-10/h6-7,9,13,16H,4-5,8H2,1-3H3. The molecule has 94 valence electrons. The zero-order chi connectivity index (χ0) is 12.5. The molecule has 1 saturated carbocycles. The van der Waals surface area contributed by atoms with E-state index < -0.39 is 0 Å². The molecule has 0 aliphatic heterocycles. The fourth-order valence-electron chi connectivity index (χ4n) is 2.55. The van der Waals surface area contributed by atoms with E-state index in [9.17, 15) is 4.39 Å². The molecular formula is C14H20FNO. The predicted molar refractivity (Wildman–Crippen MR) is 68.0 cm³/mol. The van der Waals surface area contributed by atoms with E-state index in [1.54, 1.807) is 6.07 Å². The van der Waals surface area contributed by atoms with Crippen molar-refractivity contribution in [1.82, 2.24) is 0 Å². The Morgan fingerprint density at radius 1 is 1.41 bits per heavy atom. The van der Waals surface area contributed by atoms with E-state index in [2.05, 4.69) is 19.2 Å². The van der Waals surface area contributed by atoms with Gasteiger partial charge in [0.15, 0.2) is 11.6 Å². The van der Waals surface area contributed by atoms with Gasteiger partial charge in [0.25, 0.3) is 0 Å². The number of hydrogen-bond donors (Lipinski definition) is 1. The van der Waals surface area contributed by atoms with E-state index >= 15 is 0 Å². The second kappa shape index (κ2) is 4.55. The summed E-state index contributed by atoms with van der Waals surface area (Å²) < 4.78 is 18.5. The Labute approximate surface area is 102 Å². The predicted octanol–water partition coefficient (Wildman–Crippen LogP) is 3.82. The van der Waals surface area contributed by atoms with Crippen LogP contribution in [0.25, 0.3) is 0 Å². The quantitative estimate of drug-likeness (QED) is 0.862. The Balaban J connectivity index is 2.11. The summed E-state index contributed by atoms with van der Waals surface area (Å²) in [7, 11) is 1.48. The van der Waals surface area contributed by atoms with Gasteiger partial charge in [0, 0.05) is 17.8 Å². The lowest BCUT2D eigenvalue weighted by Crippen LogP contribution is -2.30. The number of rotatable bonds is 3. The van der Waals surface area contributed by atoms with Gasteiger partial charge in [-0.15, -0.1) is 0 Å². The van der Waals surface area contributed by atoms with Crippen LogP contribution in [0, 0.1) is 11.2 Å². The summed E-state index contributed by atoms with van der Waals surface area (Å²) in [5.41, 5.74) is 1.12. The van der Waals surface area contributed by atoms with Crippen molar-refractivity contribution in [1.29, 1.82) is 0 Å². The Morgan fingerprint density at radius 3 is 2.71 bits per heavy atom. The third-order valence-corrected chi connectivity index (χ3v) is 3.75. The summed E-state index contributed by atoms with van der Waals surface area (Å²) >= 11 is 0. The van der Waals surface area contributed by atoms with Crippen LogP contribution in [0.2, 0.25) is 0 Å². The summed E-state index contributed by atoms with van der Waals surface area (Å²) in [5, 5.41) is 3.43. The molecule has 3 heteroatoms. The van der Waals surface area contributed by atoms with Gasteiger partial charge >= 0.3 is 0 Å². The summed E-state index contributed by atoms with van der Waals surface area (Å²) in [4.78, 5) is 0. The van der Waals surface area contributed by atoms with Crippen LogP contribution in [0.5, 0.6) is 5.75 Å². The molecule has 0 amide bonds. The minimum Gasteiger partial charge on any atom is -0.494 e. The molecule has 2 rings (SSSR count). The maximum absolute atomic E-state index is 13.6. The van der Waals surface area contributed by atoms with Crippen LogP contribution in [0.15, 0.2) is 18.2 Å². The minimum atomic E-state index is -0.312. The molecule has 0 saturated heterocycles. The second-order valence-corrected chi connectivity index (χ2v) is 5.43. The van der Waals surface area contributed by atoms with Crippen molar-refractivity contribution in [2.24, 2.45) is 5.41 Å². The van der Waals surface area contributed by atoms with Gasteiger partial charge < -0.3 is 10.1 Å². The maximum Gasteiger partial charge on any atom is 0.167 e. The molecule has 0 aromatic heterocycles. The molecule has 17 heavy (non-hydrogen) atoms. The Hall–Kier alpha value is -1.25. The summed E-state index contributed by atoms with van der Waals surface area (Å²) in [6, 6.07) is 5.47. The number of halogens is 1. The van der Waals surface area contributed by atoms with E-state index in [0.29, 0.717) is 11.8 Å². The number of nitrogens with one attached hydrogen (secondary N) is 1. The molecule has 1 aromatic rings.